The van der Waals surface area contributed by atoms with E-state index in [-0.39, 0.29) is 6.04 Å². The van der Waals surface area contributed by atoms with E-state index in [0.717, 1.165) is 11.3 Å². The summed E-state index contributed by atoms with van der Waals surface area (Å²) in [5, 5.41) is 3.35. The summed E-state index contributed by atoms with van der Waals surface area (Å²) in [6.07, 6.45) is 0. The molecule has 3 rings (SSSR count). The van der Waals surface area contributed by atoms with Crippen LogP contribution in [0.25, 0.3) is 0 Å². The minimum Gasteiger partial charge on any atom is -0.308 e. The summed E-state index contributed by atoms with van der Waals surface area (Å²) >= 11 is 0. The number of para-hydroxylation sites is 1. The lowest BCUT2D eigenvalue weighted by atomic mass is 10.2. The van der Waals surface area contributed by atoms with Gasteiger partial charge in [-0.1, -0.05) is 36.4 Å². The molecule has 0 bridgehead atoms. The average Bonchev–Trinajstić information content (AvgIpc) is 2.68. The van der Waals surface area contributed by atoms with Crippen molar-refractivity contribution in [3.63, 3.8) is 0 Å². The first kappa shape index (κ1) is 14.1. The minimum atomic E-state index is -3.54. The molecule has 0 radical (unpaired) electrons. The van der Waals surface area contributed by atoms with E-state index in [1.165, 1.54) is 4.31 Å². The van der Waals surface area contributed by atoms with Crippen molar-refractivity contribution in [2.75, 3.05) is 10.8 Å². The van der Waals surface area contributed by atoms with Crippen molar-refractivity contribution >= 4 is 15.7 Å². The van der Waals surface area contributed by atoms with E-state index in [0.29, 0.717) is 18.0 Å². The Balaban J connectivity index is 2.12. The van der Waals surface area contributed by atoms with Gasteiger partial charge in [-0.15, -0.1) is 0 Å². The predicted molar refractivity (Wildman–Crippen MR) is 83.7 cm³/mol. The number of sulfonamides is 1. The molecule has 1 atom stereocenters. The number of anilines is 1. The molecular formula is C16H18N2O2S. The molecule has 0 fully saturated rings. The van der Waals surface area contributed by atoms with Gasteiger partial charge in [0.2, 0.25) is 0 Å². The number of fused-ring (bicyclic) bond motifs is 1. The molecule has 0 aliphatic carbocycles. The number of nitrogens with zero attached hydrogens (tertiary/aromatic N) is 1. The van der Waals surface area contributed by atoms with Crippen LogP contribution in [0.15, 0.2) is 59.5 Å². The standard InChI is InChI=1S/C16H18N2O2S/c1-13-12-18(16-10-6-5-7-14(16)11-17-13)21(19,20)15-8-3-2-4-9-15/h2-10,13,17H,11-12H2,1H3. The Hall–Kier alpha value is -1.85. The first-order valence-corrected chi connectivity index (χ1v) is 8.42. The first-order chi connectivity index (χ1) is 10.1. The number of rotatable bonds is 2. The van der Waals surface area contributed by atoms with Gasteiger partial charge in [-0.3, -0.25) is 4.31 Å². The Morgan fingerprint density at radius 3 is 2.48 bits per heavy atom. The van der Waals surface area contributed by atoms with Crippen molar-refractivity contribution in [3.8, 4) is 0 Å². The summed E-state index contributed by atoms with van der Waals surface area (Å²) in [5.74, 6) is 0. The maximum absolute atomic E-state index is 12.9. The summed E-state index contributed by atoms with van der Waals surface area (Å²) < 4.78 is 27.4. The van der Waals surface area contributed by atoms with Crippen molar-refractivity contribution in [1.29, 1.82) is 0 Å². The van der Waals surface area contributed by atoms with E-state index >= 15 is 0 Å². The van der Waals surface area contributed by atoms with E-state index in [4.69, 9.17) is 0 Å². The average molecular weight is 302 g/mol. The SMILES string of the molecule is CC1CN(S(=O)(=O)c2ccccc2)c2ccccc2CN1. The highest BCUT2D eigenvalue weighted by atomic mass is 32.2. The summed E-state index contributed by atoms with van der Waals surface area (Å²) in [6.45, 7) is 3.10. The lowest BCUT2D eigenvalue weighted by Crippen LogP contribution is -2.39. The van der Waals surface area contributed by atoms with E-state index in [9.17, 15) is 8.42 Å². The fourth-order valence-electron chi connectivity index (χ4n) is 2.55. The van der Waals surface area contributed by atoms with Gasteiger partial charge in [-0.25, -0.2) is 8.42 Å². The summed E-state index contributed by atoms with van der Waals surface area (Å²) in [6, 6.07) is 16.3. The van der Waals surface area contributed by atoms with Crippen LogP contribution in [0, 0.1) is 0 Å². The Labute approximate surface area is 125 Å². The quantitative estimate of drug-likeness (QED) is 0.926. The van der Waals surface area contributed by atoms with Crippen LogP contribution in [0.1, 0.15) is 12.5 Å². The molecule has 110 valence electrons. The smallest absolute Gasteiger partial charge is 0.264 e. The molecular weight excluding hydrogens is 284 g/mol. The molecule has 1 heterocycles. The molecule has 21 heavy (non-hydrogen) atoms. The zero-order valence-electron chi connectivity index (χ0n) is 11.9. The van der Waals surface area contributed by atoms with Gasteiger partial charge in [-0.05, 0) is 30.7 Å². The molecule has 0 aromatic heterocycles. The molecule has 4 nitrogen and oxygen atoms in total. The predicted octanol–water partition coefficient (Wildman–Crippen LogP) is 2.37. The summed E-state index contributed by atoms with van der Waals surface area (Å²) in [4.78, 5) is 0.328. The zero-order chi connectivity index (χ0) is 14.9. The largest absolute Gasteiger partial charge is 0.308 e. The van der Waals surface area contributed by atoms with Gasteiger partial charge in [0.05, 0.1) is 10.6 Å². The first-order valence-electron chi connectivity index (χ1n) is 6.98. The Morgan fingerprint density at radius 2 is 1.71 bits per heavy atom. The van der Waals surface area contributed by atoms with Gasteiger partial charge in [0.1, 0.15) is 0 Å². The molecule has 5 heteroatoms. The van der Waals surface area contributed by atoms with Crippen LogP contribution in [0.2, 0.25) is 0 Å². The highest BCUT2D eigenvalue weighted by molar-refractivity contribution is 7.92. The molecule has 1 N–H and O–H groups in total. The van der Waals surface area contributed by atoms with E-state index in [1.807, 2.05) is 37.3 Å². The molecule has 2 aromatic rings. The van der Waals surface area contributed by atoms with Crippen LogP contribution >= 0.6 is 0 Å². The topological polar surface area (TPSA) is 49.4 Å². The van der Waals surface area contributed by atoms with Crippen molar-refractivity contribution in [2.45, 2.75) is 24.4 Å². The van der Waals surface area contributed by atoms with E-state index in [1.54, 1.807) is 24.3 Å². The highest BCUT2D eigenvalue weighted by Crippen LogP contribution is 2.29. The van der Waals surface area contributed by atoms with Gasteiger partial charge < -0.3 is 5.32 Å². The fraction of sp³-hybridized carbons (Fsp3) is 0.250. The Morgan fingerprint density at radius 1 is 1.05 bits per heavy atom. The van der Waals surface area contributed by atoms with Crippen molar-refractivity contribution < 1.29 is 8.42 Å². The summed E-state index contributed by atoms with van der Waals surface area (Å²) in [7, 11) is -3.54. The van der Waals surface area contributed by atoms with Crippen LogP contribution in [0.5, 0.6) is 0 Å². The Kier molecular flexibility index (Phi) is 3.69. The van der Waals surface area contributed by atoms with Crippen LogP contribution < -0.4 is 9.62 Å². The molecule has 0 saturated heterocycles. The molecule has 1 aliphatic heterocycles. The third-order valence-electron chi connectivity index (χ3n) is 3.67. The van der Waals surface area contributed by atoms with Crippen molar-refractivity contribution in [2.24, 2.45) is 0 Å². The van der Waals surface area contributed by atoms with Gasteiger partial charge in [0, 0.05) is 19.1 Å². The summed E-state index contributed by atoms with van der Waals surface area (Å²) in [5.41, 5.74) is 1.76. The Bertz CT molecular complexity index is 729. The third kappa shape index (κ3) is 2.66. The van der Waals surface area contributed by atoms with Crippen molar-refractivity contribution in [3.05, 3.63) is 60.2 Å². The third-order valence-corrected chi connectivity index (χ3v) is 5.47. The minimum absolute atomic E-state index is 0.0934. The zero-order valence-corrected chi connectivity index (χ0v) is 12.7. The normalized spacial score (nSPS) is 18.9. The van der Waals surface area contributed by atoms with Crippen LogP contribution in [-0.2, 0) is 16.6 Å². The maximum atomic E-state index is 12.9. The number of nitrogens with one attached hydrogen (secondary N) is 1. The van der Waals surface area contributed by atoms with Gasteiger partial charge in [0.25, 0.3) is 10.0 Å². The lowest BCUT2D eigenvalue weighted by molar-refractivity contribution is 0.556. The monoisotopic (exact) mass is 302 g/mol. The highest BCUT2D eigenvalue weighted by Gasteiger charge is 2.29. The van der Waals surface area contributed by atoms with Gasteiger partial charge >= 0.3 is 0 Å². The van der Waals surface area contributed by atoms with Crippen LogP contribution in [0.3, 0.4) is 0 Å². The van der Waals surface area contributed by atoms with E-state index in [2.05, 4.69) is 5.32 Å². The van der Waals surface area contributed by atoms with Gasteiger partial charge in [-0.2, -0.15) is 0 Å². The maximum Gasteiger partial charge on any atom is 0.264 e. The van der Waals surface area contributed by atoms with Gasteiger partial charge in [0.15, 0.2) is 0 Å². The molecule has 2 aromatic carbocycles. The molecule has 0 amide bonds. The van der Waals surface area contributed by atoms with E-state index < -0.39 is 10.0 Å². The molecule has 1 unspecified atom stereocenters. The van der Waals surface area contributed by atoms with Crippen LogP contribution in [0.4, 0.5) is 5.69 Å². The van der Waals surface area contributed by atoms with Crippen molar-refractivity contribution in [1.82, 2.24) is 5.32 Å². The second kappa shape index (κ2) is 5.50. The molecule has 0 spiro atoms. The van der Waals surface area contributed by atoms with Crippen LogP contribution in [-0.4, -0.2) is 21.0 Å². The lowest BCUT2D eigenvalue weighted by Gasteiger charge is -2.26. The molecule has 0 saturated carbocycles. The second-order valence-corrected chi connectivity index (χ2v) is 7.12. The fourth-order valence-corrected chi connectivity index (χ4v) is 4.16. The number of hydrogen-bond donors (Lipinski definition) is 1. The number of hydrogen-bond acceptors (Lipinski definition) is 3. The second-order valence-electron chi connectivity index (χ2n) is 5.26. The molecule has 1 aliphatic rings. The number of benzene rings is 2.